The van der Waals surface area contributed by atoms with Crippen LogP contribution in [0.1, 0.15) is 45.7 Å². The predicted molar refractivity (Wildman–Crippen MR) is 99.1 cm³/mol. The van der Waals surface area contributed by atoms with Crippen LogP contribution in [0.3, 0.4) is 0 Å². The van der Waals surface area contributed by atoms with Crippen molar-refractivity contribution in [2.45, 2.75) is 26.9 Å². The van der Waals surface area contributed by atoms with E-state index in [1.165, 1.54) is 0 Å². The molecule has 0 atom stereocenters. The zero-order valence-electron chi connectivity index (χ0n) is 15.3. The minimum atomic E-state index is -0.413. The first kappa shape index (κ1) is 19.5. The van der Waals surface area contributed by atoms with Gasteiger partial charge in [-0.1, -0.05) is 19.1 Å². The maximum Gasteiger partial charge on any atom is 0.269 e. The molecule has 6 nitrogen and oxygen atoms in total. The molecule has 2 aromatic carbocycles. The number of ether oxygens (including phenoxy) is 2. The Morgan fingerprint density at radius 3 is 2.12 bits per heavy atom. The molecule has 26 heavy (non-hydrogen) atoms. The van der Waals surface area contributed by atoms with Crippen LogP contribution < -0.4 is 15.6 Å². The Balaban J connectivity index is 2.01. The van der Waals surface area contributed by atoms with Crippen LogP contribution in [-0.2, 0) is 17.8 Å². The fourth-order valence-electron chi connectivity index (χ4n) is 2.39. The van der Waals surface area contributed by atoms with Crippen LogP contribution in [0, 0.1) is 0 Å². The van der Waals surface area contributed by atoms with Crippen LogP contribution >= 0.6 is 0 Å². The first-order valence-electron chi connectivity index (χ1n) is 8.53. The van der Waals surface area contributed by atoms with Gasteiger partial charge in [-0.25, -0.2) is 0 Å². The van der Waals surface area contributed by atoms with E-state index in [9.17, 15) is 9.59 Å². The first-order chi connectivity index (χ1) is 12.6. The molecule has 2 amide bonds. The molecular formula is C20H24N2O4. The topological polar surface area (TPSA) is 76.7 Å². The van der Waals surface area contributed by atoms with E-state index in [4.69, 9.17) is 9.47 Å². The van der Waals surface area contributed by atoms with Gasteiger partial charge in [-0.15, -0.1) is 0 Å². The fraction of sp³-hybridized carbons (Fsp3) is 0.300. The van der Waals surface area contributed by atoms with Crippen molar-refractivity contribution >= 4 is 11.8 Å². The second kappa shape index (κ2) is 9.58. The van der Waals surface area contributed by atoms with Gasteiger partial charge in [0.05, 0.1) is 13.7 Å². The number of methoxy groups -OCH3 is 1. The zero-order chi connectivity index (χ0) is 18.9. The van der Waals surface area contributed by atoms with Gasteiger partial charge in [-0.3, -0.25) is 20.4 Å². The van der Waals surface area contributed by atoms with Crippen molar-refractivity contribution in [1.29, 1.82) is 0 Å². The van der Waals surface area contributed by atoms with Gasteiger partial charge >= 0.3 is 0 Å². The average molecular weight is 356 g/mol. The first-order valence-corrected chi connectivity index (χ1v) is 8.53. The SMILES string of the molecule is CCOCc1cc(C(=O)NNC(=O)c2ccc(CC)cc2)ccc1OC. The smallest absolute Gasteiger partial charge is 0.269 e. The van der Waals surface area contributed by atoms with Crippen molar-refractivity contribution in [1.82, 2.24) is 10.9 Å². The maximum atomic E-state index is 12.3. The monoisotopic (exact) mass is 356 g/mol. The summed E-state index contributed by atoms with van der Waals surface area (Å²) in [6.45, 7) is 4.85. The molecule has 2 aromatic rings. The van der Waals surface area contributed by atoms with Crippen LogP contribution in [0.15, 0.2) is 42.5 Å². The molecule has 138 valence electrons. The summed E-state index contributed by atoms with van der Waals surface area (Å²) >= 11 is 0. The number of hydrogen-bond donors (Lipinski definition) is 2. The molecule has 6 heteroatoms. The van der Waals surface area contributed by atoms with Crippen molar-refractivity contribution in [3.8, 4) is 5.75 Å². The molecule has 2 N–H and O–H groups in total. The van der Waals surface area contributed by atoms with E-state index in [2.05, 4.69) is 10.9 Å². The molecule has 0 aliphatic carbocycles. The summed E-state index contributed by atoms with van der Waals surface area (Å²) in [5, 5.41) is 0. The van der Waals surface area contributed by atoms with E-state index in [0.29, 0.717) is 30.1 Å². The number of carbonyl (C=O) groups excluding carboxylic acids is 2. The Kier molecular flexibility index (Phi) is 7.17. The third kappa shape index (κ3) is 5.07. The molecule has 0 radical (unpaired) electrons. The van der Waals surface area contributed by atoms with Crippen molar-refractivity contribution in [2.75, 3.05) is 13.7 Å². The number of aryl methyl sites for hydroxylation is 1. The second-order valence-corrected chi connectivity index (χ2v) is 5.62. The molecule has 0 unspecified atom stereocenters. The van der Waals surface area contributed by atoms with Crippen LogP contribution in [0.4, 0.5) is 0 Å². The minimum Gasteiger partial charge on any atom is -0.496 e. The number of nitrogens with one attached hydrogen (secondary N) is 2. The highest BCUT2D eigenvalue weighted by molar-refractivity contribution is 5.99. The van der Waals surface area contributed by atoms with Crippen molar-refractivity contribution in [2.24, 2.45) is 0 Å². The van der Waals surface area contributed by atoms with E-state index in [-0.39, 0.29) is 5.91 Å². The highest BCUT2D eigenvalue weighted by Gasteiger charge is 2.12. The van der Waals surface area contributed by atoms with E-state index in [1.807, 2.05) is 26.0 Å². The van der Waals surface area contributed by atoms with Crippen molar-refractivity contribution in [3.05, 3.63) is 64.7 Å². The van der Waals surface area contributed by atoms with E-state index < -0.39 is 5.91 Å². The van der Waals surface area contributed by atoms with Gasteiger partial charge in [0.2, 0.25) is 0 Å². The summed E-state index contributed by atoms with van der Waals surface area (Å²) in [4.78, 5) is 24.4. The molecule has 0 aliphatic rings. The van der Waals surface area contributed by atoms with Gasteiger partial charge in [0.15, 0.2) is 0 Å². The molecule has 0 aliphatic heterocycles. The summed E-state index contributed by atoms with van der Waals surface area (Å²) in [7, 11) is 1.56. The largest absolute Gasteiger partial charge is 0.496 e. The van der Waals surface area contributed by atoms with E-state index >= 15 is 0 Å². The predicted octanol–water partition coefficient (Wildman–Crippen LogP) is 2.87. The summed E-state index contributed by atoms with van der Waals surface area (Å²) in [6.07, 6.45) is 0.903. The Morgan fingerprint density at radius 2 is 1.54 bits per heavy atom. The molecule has 0 aromatic heterocycles. The number of hydrazine groups is 1. The fourth-order valence-corrected chi connectivity index (χ4v) is 2.39. The van der Waals surface area contributed by atoms with E-state index in [1.54, 1.807) is 37.4 Å². The lowest BCUT2D eigenvalue weighted by Crippen LogP contribution is -2.41. The summed E-state index contributed by atoms with van der Waals surface area (Å²) in [5.74, 6) is -0.136. The number of rotatable bonds is 7. The number of hydrogen-bond acceptors (Lipinski definition) is 4. The van der Waals surface area contributed by atoms with Gasteiger partial charge in [0, 0.05) is 23.3 Å². The van der Waals surface area contributed by atoms with Gasteiger partial charge < -0.3 is 9.47 Å². The van der Waals surface area contributed by atoms with Gasteiger partial charge in [-0.2, -0.15) is 0 Å². The van der Waals surface area contributed by atoms with E-state index in [0.717, 1.165) is 17.5 Å². The maximum absolute atomic E-state index is 12.3. The summed E-state index contributed by atoms with van der Waals surface area (Å²) in [6, 6.07) is 12.3. The number of amides is 2. The third-order valence-electron chi connectivity index (χ3n) is 3.92. The number of benzene rings is 2. The van der Waals surface area contributed by atoms with Gasteiger partial charge in [0.1, 0.15) is 5.75 Å². The average Bonchev–Trinajstić information content (AvgIpc) is 2.69. The molecule has 0 bridgehead atoms. The molecule has 0 saturated carbocycles. The van der Waals surface area contributed by atoms with Crippen LogP contribution in [0.25, 0.3) is 0 Å². The molecule has 0 heterocycles. The lowest BCUT2D eigenvalue weighted by atomic mass is 10.1. The van der Waals surface area contributed by atoms with Crippen molar-refractivity contribution in [3.63, 3.8) is 0 Å². The minimum absolute atomic E-state index is 0.344. The summed E-state index contributed by atoms with van der Waals surface area (Å²) < 4.78 is 10.7. The second-order valence-electron chi connectivity index (χ2n) is 5.62. The lowest BCUT2D eigenvalue weighted by molar-refractivity contribution is 0.0846. The van der Waals surface area contributed by atoms with Crippen LogP contribution in [0.5, 0.6) is 5.75 Å². The van der Waals surface area contributed by atoms with Crippen LogP contribution in [0.2, 0.25) is 0 Å². The highest BCUT2D eigenvalue weighted by Crippen LogP contribution is 2.20. The Labute approximate surface area is 153 Å². The molecule has 0 saturated heterocycles. The molecule has 0 fully saturated rings. The Hall–Kier alpha value is -2.86. The number of carbonyl (C=O) groups is 2. The quantitative estimate of drug-likeness (QED) is 0.748. The third-order valence-corrected chi connectivity index (χ3v) is 3.92. The lowest BCUT2D eigenvalue weighted by Gasteiger charge is -2.12. The summed E-state index contributed by atoms with van der Waals surface area (Å²) in [5.41, 5.74) is 7.65. The normalized spacial score (nSPS) is 10.3. The highest BCUT2D eigenvalue weighted by atomic mass is 16.5. The van der Waals surface area contributed by atoms with Gasteiger partial charge in [0.25, 0.3) is 11.8 Å². The molecule has 0 spiro atoms. The Morgan fingerprint density at radius 1 is 0.923 bits per heavy atom. The molecular weight excluding hydrogens is 332 g/mol. The zero-order valence-corrected chi connectivity index (χ0v) is 15.3. The van der Waals surface area contributed by atoms with Crippen molar-refractivity contribution < 1.29 is 19.1 Å². The van der Waals surface area contributed by atoms with Gasteiger partial charge in [-0.05, 0) is 49.2 Å². The molecule has 2 rings (SSSR count). The standard InChI is InChI=1S/C20H24N2O4/c1-4-14-6-8-15(9-7-14)19(23)21-22-20(24)16-10-11-18(25-3)17(12-16)13-26-5-2/h6-12H,4-5,13H2,1-3H3,(H,21,23)(H,22,24). The van der Waals surface area contributed by atoms with Crippen LogP contribution in [-0.4, -0.2) is 25.5 Å². The Bertz CT molecular complexity index is 757.